The number of carbonyl (C=O) groups is 1. The monoisotopic (exact) mass is 393 g/mol. The second-order valence-corrected chi connectivity index (χ2v) is 8.33. The van der Waals surface area contributed by atoms with Gasteiger partial charge in [0, 0.05) is 31.9 Å². The Labute approximate surface area is 172 Å². The largest absolute Gasteiger partial charge is 0.382 e. The van der Waals surface area contributed by atoms with Crippen LogP contribution in [0.1, 0.15) is 51.9 Å². The number of amides is 1. The average molecular weight is 394 g/mol. The van der Waals surface area contributed by atoms with Gasteiger partial charge >= 0.3 is 0 Å². The van der Waals surface area contributed by atoms with E-state index in [1.807, 2.05) is 24.5 Å². The molecule has 6 nitrogen and oxygen atoms in total. The van der Waals surface area contributed by atoms with Crippen molar-refractivity contribution >= 4 is 33.7 Å². The van der Waals surface area contributed by atoms with Crippen LogP contribution in [0.5, 0.6) is 0 Å². The summed E-state index contributed by atoms with van der Waals surface area (Å²) >= 11 is 0. The van der Waals surface area contributed by atoms with Crippen LogP contribution in [0.25, 0.3) is 21.9 Å². The summed E-state index contributed by atoms with van der Waals surface area (Å²) in [7, 11) is 0. The summed E-state index contributed by atoms with van der Waals surface area (Å²) < 4.78 is 2.18. The third-order valence-corrected chi connectivity index (χ3v) is 6.21. The highest BCUT2D eigenvalue weighted by Crippen LogP contribution is 2.27. The molecule has 3 aromatic rings. The molecule has 0 bridgehead atoms. The first-order chi connectivity index (χ1) is 14.1. The number of para-hydroxylation sites is 1. The van der Waals surface area contributed by atoms with Crippen molar-refractivity contribution in [3.05, 3.63) is 30.6 Å². The smallest absolute Gasteiger partial charge is 0.219 e. The van der Waals surface area contributed by atoms with E-state index < -0.39 is 0 Å². The Bertz CT molecular complexity index is 990. The van der Waals surface area contributed by atoms with Crippen LogP contribution in [-0.2, 0) is 11.3 Å². The number of imidazole rings is 1. The second-order valence-electron chi connectivity index (χ2n) is 8.33. The lowest BCUT2D eigenvalue weighted by Crippen LogP contribution is -2.35. The number of hydrogen-bond donors (Lipinski definition) is 1. The fourth-order valence-corrected chi connectivity index (χ4v) is 4.62. The third-order valence-electron chi connectivity index (χ3n) is 6.21. The molecular formula is C23H31N5O. The van der Waals surface area contributed by atoms with E-state index in [0.717, 1.165) is 54.4 Å². The molecule has 2 N–H and O–H groups in total. The molecule has 29 heavy (non-hydrogen) atoms. The lowest BCUT2D eigenvalue weighted by Gasteiger charge is -2.29. The van der Waals surface area contributed by atoms with Crippen LogP contribution in [0, 0.1) is 5.92 Å². The second kappa shape index (κ2) is 8.80. The van der Waals surface area contributed by atoms with Crippen molar-refractivity contribution in [3.8, 4) is 0 Å². The van der Waals surface area contributed by atoms with Crippen LogP contribution in [0.3, 0.4) is 0 Å². The molecule has 0 spiro atoms. The summed E-state index contributed by atoms with van der Waals surface area (Å²) in [5.74, 6) is 1.37. The van der Waals surface area contributed by atoms with Gasteiger partial charge in [-0.2, -0.15) is 0 Å². The van der Waals surface area contributed by atoms with Crippen molar-refractivity contribution in [1.82, 2.24) is 19.4 Å². The number of aryl methyl sites for hydroxylation is 1. The Morgan fingerprint density at radius 3 is 2.79 bits per heavy atom. The molecule has 6 heteroatoms. The molecule has 1 aromatic carbocycles. The average Bonchev–Trinajstić information content (AvgIpc) is 3.16. The molecule has 2 heterocycles. The van der Waals surface area contributed by atoms with Gasteiger partial charge in [-0.15, -0.1) is 0 Å². The van der Waals surface area contributed by atoms with Gasteiger partial charge in [0.2, 0.25) is 5.91 Å². The topological polar surface area (TPSA) is 77.0 Å². The number of hydrogen-bond acceptors (Lipinski definition) is 4. The van der Waals surface area contributed by atoms with Gasteiger partial charge in [0.15, 0.2) is 5.82 Å². The molecular weight excluding hydrogens is 362 g/mol. The maximum atomic E-state index is 12.1. The zero-order chi connectivity index (χ0) is 20.2. The zero-order valence-corrected chi connectivity index (χ0v) is 17.3. The first kappa shape index (κ1) is 19.7. The van der Waals surface area contributed by atoms with Gasteiger partial charge in [-0.3, -0.25) is 4.79 Å². The number of aromatic nitrogens is 3. The van der Waals surface area contributed by atoms with Crippen LogP contribution in [0.15, 0.2) is 30.6 Å². The number of carbonyl (C=O) groups excluding carboxylic acids is 1. The van der Waals surface area contributed by atoms with E-state index in [2.05, 4.69) is 25.5 Å². The predicted octanol–water partition coefficient (Wildman–Crippen LogP) is 4.38. The Morgan fingerprint density at radius 2 is 2.00 bits per heavy atom. The summed E-state index contributed by atoms with van der Waals surface area (Å²) in [6, 6.07) is 8.05. The van der Waals surface area contributed by atoms with E-state index in [1.165, 1.54) is 32.1 Å². The van der Waals surface area contributed by atoms with E-state index in [1.54, 1.807) is 6.92 Å². The summed E-state index contributed by atoms with van der Waals surface area (Å²) in [5, 5.41) is 1.08. The maximum Gasteiger partial charge on any atom is 0.219 e. The van der Waals surface area contributed by atoms with Gasteiger partial charge in [-0.1, -0.05) is 37.5 Å². The van der Waals surface area contributed by atoms with Crippen molar-refractivity contribution in [2.75, 3.05) is 18.8 Å². The molecule has 2 aromatic heterocycles. The van der Waals surface area contributed by atoms with Crippen molar-refractivity contribution in [3.63, 3.8) is 0 Å². The molecule has 4 rings (SSSR count). The van der Waals surface area contributed by atoms with Gasteiger partial charge < -0.3 is 15.2 Å². The molecule has 0 saturated heterocycles. The van der Waals surface area contributed by atoms with Crippen LogP contribution in [0.4, 0.5) is 5.82 Å². The highest BCUT2D eigenvalue weighted by Gasteiger charge is 2.18. The maximum absolute atomic E-state index is 12.1. The van der Waals surface area contributed by atoms with Gasteiger partial charge in [-0.05, 0) is 37.7 Å². The number of nitrogens with zero attached hydrogens (tertiary/aromatic N) is 4. The normalized spacial score (nSPS) is 15.2. The van der Waals surface area contributed by atoms with Crippen LogP contribution in [0.2, 0.25) is 0 Å². The highest BCUT2D eigenvalue weighted by atomic mass is 16.2. The number of nitrogens with two attached hydrogens (primary N) is 1. The Balaban J connectivity index is 1.40. The zero-order valence-electron chi connectivity index (χ0n) is 17.3. The molecule has 0 radical (unpaired) electrons. The number of pyridine rings is 1. The first-order valence-electron chi connectivity index (χ1n) is 10.9. The molecule has 1 amide bonds. The van der Waals surface area contributed by atoms with Crippen LogP contribution >= 0.6 is 0 Å². The van der Waals surface area contributed by atoms with E-state index in [4.69, 9.17) is 5.73 Å². The number of fused-ring (bicyclic) bond motifs is 3. The van der Waals surface area contributed by atoms with E-state index in [9.17, 15) is 4.79 Å². The molecule has 154 valence electrons. The minimum absolute atomic E-state index is 0.202. The van der Waals surface area contributed by atoms with E-state index >= 15 is 0 Å². The van der Waals surface area contributed by atoms with Crippen molar-refractivity contribution < 1.29 is 4.79 Å². The molecule has 0 aliphatic heterocycles. The van der Waals surface area contributed by atoms with Gasteiger partial charge in [-0.25, -0.2) is 9.97 Å². The van der Waals surface area contributed by atoms with Gasteiger partial charge in [0.1, 0.15) is 5.52 Å². The summed E-state index contributed by atoms with van der Waals surface area (Å²) in [6.45, 7) is 4.33. The quantitative estimate of drug-likeness (QED) is 0.605. The SMILES string of the molecule is CC(=O)N(CCCCn1cnc2c(N)nc3ccccc3c21)CC1CCCCC1. The standard InChI is InChI=1S/C23H31N5O/c1-17(29)27(15-18-9-3-2-4-10-18)13-7-8-14-28-16-25-21-22(28)19-11-5-6-12-20(19)26-23(21)24/h5-6,11-12,16,18H,2-4,7-10,13-15H2,1H3,(H2,24,26). The Morgan fingerprint density at radius 1 is 1.21 bits per heavy atom. The molecule has 1 aliphatic rings. The molecule has 1 fully saturated rings. The summed E-state index contributed by atoms with van der Waals surface area (Å²) in [4.78, 5) is 23.1. The fraction of sp³-hybridized carbons (Fsp3) is 0.522. The molecule has 0 atom stereocenters. The van der Waals surface area contributed by atoms with Crippen molar-refractivity contribution in [1.29, 1.82) is 0 Å². The molecule has 1 saturated carbocycles. The Hall–Kier alpha value is -2.63. The number of anilines is 1. The summed E-state index contributed by atoms with van der Waals surface area (Å²) in [5.41, 5.74) is 8.84. The van der Waals surface area contributed by atoms with E-state index in [-0.39, 0.29) is 5.91 Å². The molecule has 0 unspecified atom stereocenters. The lowest BCUT2D eigenvalue weighted by atomic mass is 9.89. The van der Waals surface area contributed by atoms with Crippen LogP contribution in [-0.4, -0.2) is 38.4 Å². The minimum Gasteiger partial charge on any atom is -0.382 e. The number of benzene rings is 1. The molecule has 1 aliphatic carbocycles. The number of nitrogen functional groups attached to an aromatic ring is 1. The van der Waals surface area contributed by atoms with Crippen molar-refractivity contribution in [2.24, 2.45) is 5.92 Å². The van der Waals surface area contributed by atoms with Gasteiger partial charge in [0.05, 0.1) is 17.4 Å². The lowest BCUT2D eigenvalue weighted by molar-refractivity contribution is -0.129. The van der Waals surface area contributed by atoms with Crippen LogP contribution < -0.4 is 5.73 Å². The number of rotatable bonds is 7. The number of unbranched alkanes of at least 4 members (excludes halogenated alkanes) is 1. The minimum atomic E-state index is 0.202. The first-order valence-corrected chi connectivity index (χ1v) is 10.9. The van der Waals surface area contributed by atoms with Gasteiger partial charge in [0.25, 0.3) is 0 Å². The highest BCUT2D eigenvalue weighted by molar-refractivity contribution is 6.06. The van der Waals surface area contributed by atoms with Crippen molar-refractivity contribution in [2.45, 2.75) is 58.4 Å². The van der Waals surface area contributed by atoms with E-state index in [0.29, 0.717) is 11.7 Å². The Kier molecular flexibility index (Phi) is 5.97. The third kappa shape index (κ3) is 4.36. The predicted molar refractivity (Wildman–Crippen MR) is 118 cm³/mol. The fourth-order valence-electron chi connectivity index (χ4n) is 4.62. The summed E-state index contributed by atoms with van der Waals surface area (Å²) in [6.07, 6.45) is 10.4.